The highest BCUT2D eigenvalue weighted by Gasteiger charge is 2.14. The molecular weight excluding hydrogens is 345 g/mol. The molecule has 0 aliphatic heterocycles. The Balaban J connectivity index is 1.67. The van der Waals surface area contributed by atoms with Crippen molar-refractivity contribution in [1.82, 2.24) is 4.98 Å². The number of aromatic amines is 1. The van der Waals surface area contributed by atoms with Gasteiger partial charge in [0.25, 0.3) is 5.91 Å². The average Bonchev–Trinajstić information content (AvgIpc) is 3.09. The zero-order valence-electron chi connectivity index (χ0n) is 14.5. The maximum Gasteiger partial charge on any atom is 0.272 e. The van der Waals surface area contributed by atoms with Crippen molar-refractivity contribution in [2.75, 3.05) is 10.6 Å². The molecule has 0 saturated carbocycles. The van der Waals surface area contributed by atoms with Gasteiger partial charge in [-0.25, -0.2) is 4.39 Å². The molecule has 0 saturated heterocycles. The number of hydrogen-bond acceptors (Lipinski definition) is 2. The van der Waals surface area contributed by atoms with Gasteiger partial charge in [0.2, 0.25) is 5.91 Å². The molecule has 5 nitrogen and oxygen atoms in total. The average molecular weight is 361 g/mol. The number of hydrogen-bond donors (Lipinski definition) is 3. The van der Waals surface area contributed by atoms with E-state index in [-0.39, 0.29) is 11.6 Å². The number of fused-ring (bicyclic) bond motifs is 3. The molecule has 6 heteroatoms. The molecule has 0 atom stereocenters. The lowest BCUT2D eigenvalue weighted by molar-refractivity contribution is -0.114. The van der Waals surface area contributed by atoms with Crippen LogP contribution >= 0.6 is 0 Å². The number of halogens is 1. The lowest BCUT2D eigenvalue weighted by Gasteiger charge is -2.08. The van der Waals surface area contributed by atoms with E-state index in [2.05, 4.69) is 15.6 Å². The van der Waals surface area contributed by atoms with Crippen molar-refractivity contribution in [2.45, 2.75) is 6.92 Å². The topological polar surface area (TPSA) is 74.0 Å². The quantitative estimate of drug-likeness (QED) is 0.496. The van der Waals surface area contributed by atoms with Crippen molar-refractivity contribution in [1.29, 1.82) is 0 Å². The summed E-state index contributed by atoms with van der Waals surface area (Å²) in [6.45, 7) is 1.36. The SMILES string of the molecule is CC(=O)Nc1ccc(F)c(NC(=O)c2cc3c(ccc4ccccc43)[nH]2)c1. The van der Waals surface area contributed by atoms with Gasteiger partial charge >= 0.3 is 0 Å². The highest BCUT2D eigenvalue weighted by Crippen LogP contribution is 2.27. The number of aromatic nitrogens is 1. The van der Waals surface area contributed by atoms with Crippen LogP contribution in [0.5, 0.6) is 0 Å². The van der Waals surface area contributed by atoms with Crippen LogP contribution in [-0.2, 0) is 4.79 Å². The molecule has 0 spiro atoms. The van der Waals surface area contributed by atoms with Gasteiger partial charge in [-0.15, -0.1) is 0 Å². The van der Waals surface area contributed by atoms with Gasteiger partial charge in [-0.1, -0.05) is 30.3 Å². The highest BCUT2D eigenvalue weighted by atomic mass is 19.1. The summed E-state index contributed by atoms with van der Waals surface area (Å²) in [6.07, 6.45) is 0. The molecule has 4 aromatic rings. The van der Waals surface area contributed by atoms with Crippen molar-refractivity contribution in [3.8, 4) is 0 Å². The predicted octanol–water partition coefficient (Wildman–Crippen LogP) is 4.67. The molecule has 3 N–H and O–H groups in total. The summed E-state index contributed by atoms with van der Waals surface area (Å²) in [7, 11) is 0. The Morgan fingerprint density at radius 1 is 0.926 bits per heavy atom. The number of carbonyl (C=O) groups is 2. The maximum absolute atomic E-state index is 14.1. The lowest BCUT2D eigenvalue weighted by Crippen LogP contribution is -2.14. The molecule has 0 unspecified atom stereocenters. The van der Waals surface area contributed by atoms with Gasteiger partial charge in [-0.05, 0) is 41.1 Å². The number of H-pyrrole nitrogens is 1. The van der Waals surface area contributed by atoms with E-state index in [1.54, 1.807) is 6.07 Å². The Labute approximate surface area is 154 Å². The summed E-state index contributed by atoms with van der Waals surface area (Å²) < 4.78 is 14.1. The van der Waals surface area contributed by atoms with Crippen molar-refractivity contribution in [3.05, 3.63) is 72.2 Å². The Kier molecular flexibility index (Phi) is 4.08. The van der Waals surface area contributed by atoms with E-state index >= 15 is 0 Å². The minimum atomic E-state index is -0.584. The summed E-state index contributed by atoms with van der Waals surface area (Å²) in [4.78, 5) is 26.8. The summed E-state index contributed by atoms with van der Waals surface area (Å²) in [5.74, 6) is -1.32. The Hall–Kier alpha value is -3.67. The van der Waals surface area contributed by atoms with Crippen molar-refractivity contribution < 1.29 is 14.0 Å². The van der Waals surface area contributed by atoms with Crippen LogP contribution in [0.3, 0.4) is 0 Å². The van der Waals surface area contributed by atoms with Gasteiger partial charge in [0.05, 0.1) is 5.69 Å². The Morgan fingerprint density at radius 3 is 2.56 bits per heavy atom. The largest absolute Gasteiger partial charge is 0.351 e. The first kappa shape index (κ1) is 16.8. The maximum atomic E-state index is 14.1. The first-order chi connectivity index (χ1) is 13.0. The summed E-state index contributed by atoms with van der Waals surface area (Å²) in [5.41, 5.74) is 1.55. The molecule has 0 bridgehead atoms. The molecule has 4 rings (SSSR count). The molecule has 0 aliphatic carbocycles. The van der Waals surface area contributed by atoms with Crippen LogP contribution in [-0.4, -0.2) is 16.8 Å². The van der Waals surface area contributed by atoms with Gasteiger partial charge in [-0.3, -0.25) is 9.59 Å². The van der Waals surface area contributed by atoms with Crippen LogP contribution in [0, 0.1) is 5.82 Å². The van der Waals surface area contributed by atoms with E-state index in [1.165, 1.54) is 25.1 Å². The molecule has 0 aliphatic rings. The van der Waals surface area contributed by atoms with Gasteiger partial charge in [0, 0.05) is 23.5 Å². The number of carbonyl (C=O) groups excluding carboxylic acids is 2. The van der Waals surface area contributed by atoms with Crippen LogP contribution in [0.4, 0.5) is 15.8 Å². The minimum Gasteiger partial charge on any atom is -0.351 e. The first-order valence-electron chi connectivity index (χ1n) is 8.40. The smallest absolute Gasteiger partial charge is 0.272 e. The normalized spacial score (nSPS) is 10.9. The van der Waals surface area contributed by atoms with Crippen molar-refractivity contribution >= 4 is 44.9 Å². The Morgan fingerprint density at radius 2 is 1.74 bits per heavy atom. The van der Waals surface area contributed by atoms with E-state index in [0.717, 1.165) is 21.7 Å². The number of anilines is 2. The summed E-state index contributed by atoms with van der Waals surface area (Å²) in [6, 6.07) is 17.5. The van der Waals surface area contributed by atoms with Crippen LogP contribution < -0.4 is 10.6 Å². The second-order valence-corrected chi connectivity index (χ2v) is 6.26. The minimum absolute atomic E-state index is 0.00485. The Bertz CT molecular complexity index is 1200. The third-order valence-corrected chi connectivity index (χ3v) is 4.31. The van der Waals surface area contributed by atoms with E-state index in [1.807, 2.05) is 36.4 Å². The molecular formula is C21H16FN3O2. The van der Waals surface area contributed by atoms with Crippen molar-refractivity contribution in [2.24, 2.45) is 0 Å². The van der Waals surface area contributed by atoms with Crippen molar-refractivity contribution in [3.63, 3.8) is 0 Å². The second-order valence-electron chi connectivity index (χ2n) is 6.26. The van der Waals surface area contributed by atoms with Gasteiger partial charge in [0.15, 0.2) is 0 Å². The fourth-order valence-corrected chi connectivity index (χ4v) is 3.10. The summed E-state index contributed by atoms with van der Waals surface area (Å²) >= 11 is 0. The predicted molar refractivity (Wildman–Crippen MR) is 104 cm³/mol. The zero-order valence-corrected chi connectivity index (χ0v) is 14.5. The van der Waals surface area contributed by atoms with E-state index in [0.29, 0.717) is 11.4 Å². The second kappa shape index (κ2) is 6.57. The van der Waals surface area contributed by atoms with E-state index in [4.69, 9.17) is 0 Å². The van der Waals surface area contributed by atoms with Gasteiger partial charge in [-0.2, -0.15) is 0 Å². The van der Waals surface area contributed by atoms with Gasteiger partial charge in [0.1, 0.15) is 11.5 Å². The summed E-state index contributed by atoms with van der Waals surface area (Å²) in [5, 5.41) is 8.14. The fraction of sp³-hybridized carbons (Fsp3) is 0.0476. The number of rotatable bonds is 3. The molecule has 134 valence electrons. The zero-order chi connectivity index (χ0) is 19.0. The molecule has 3 aromatic carbocycles. The van der Waals surface area contributed by atoms with Crippen LogP contribution in [0.15, 0.2) is 60.7 Å². The van der Waals surface area contributed by atoms with Crippen LogP contribution in [0.1, 0.15) is 17.4 Å². The number of benzene rings is 3. The van der Waals surface area contributed by atoms with Gasteiger partial charge < -0.3 is 15.6 Å². The number of nitrogens with one attached hydrogen (secondary N) is 3. The fourth-order valence-electron chi connectivity index (χ4n) is 3.10. The third-order valence-electron chi connectivity index (χ3n) is 4.31. The molecule has 27 heavy (non-hydrogen) atoms. The monoisotopic (exact) mass is 361 g/mol. The number of amides is 2. The van der Waals surface area contributed by atoms with Crippen LogP contribution in [0.2, 0.25) is 0 Å². The lowest BCUT2D eigenvalue weighted by atomic mass is 10.1. The molecule has 1 aromatic heterocycles. The molecule has 0 radical (unpaired) electrons. The highest BCUT2D eigenvalue weighted by molar-refractivity contribution is 6.12. The third kappa shape index (κ3) is 3.25. The van der Waals surface area contributed by atoms with E-state index in [9.17, 15) is 14.0 Å². The molecule has 0 fully saturated rings. The standard InChI is InChI=1S/C21H16FN3O2/c1-12(26)23-14-7-8-17(22)19(10-14)25-21(27)20-11-16-15-5-3-2-4-13(15)6-9-18(16)24-20/h2-11,24H,1H3,(H,23,26)(H,25,27). The molecule has 1 heterocycles. The van der Waals surface area contributed by atoms with E-state index < -0.39 is 11.7 Å². The van der Waals surface area contributed by atoms with Crippen LogP contribution in [0.25, 0.3) is 21.7 Å². The first-order valence-corrected chi connectivity index (χ1v) is 8.40. The molecule has 2 amide bonds.